The van der Waals surface area contributed by atoms with Crippen molar-refractivity contribution >= 4 is 23.1 Å². The van der Waals surface area contributed by atoms with Crippen LogP contribution < -0.4 is 5.32 Å². The first kappa shape index (κ1) is 13.3. The van der Waals surface area contributed by atoms with Gasteiger partial charge in [0.15, 0.2) is 0 Å². The van der Waals surface area contributed by atoms with Gasteiger partial charge in [0, 0.05) is 23.6 Å². The number of fused-ring (bicyclic) bond motifs is 1. The van der Waals surface area contributed by atoms with Crippen LogP contribution in [0.1, 0.15) is 0 Å². The number of hydrogen-bond donors (Lipinski definition) is 2. The fraction of sp³-hybridized carbons (Fsp3) is 0. The standard InChI is InChI=1S/C17H13N5O/c23-11-19-14-2-1-3-15-16(14)21-17(20-15)12-4-6-13(7-5-12)22-9-8-18-10-22/h1-11H,(H,19,23)(H,20,21). The smallest absolute Gasteiger partial charge is 0.211 e. The van der Waals surface area contributed by atoms with Crippen molar-refractivity contribution in [3.8, 4) is 17.1 Å². The number of benzene rings is 2. The maximum atomic E-state index is 10.7. The Balaban J connectivity index is 1.74. The summed E-state index contributed by atoms with van der Waals surface area (Å²) in [5, 5.41) is 2.67. The molecule has 0 aliphatic rings. The number of carbonyl (C=O) groups is 1. The van der Waals surface area contributed by atoms with E-state index >= 15 is 0 Å². The van der Waals surface area contributed by atoms with Gasteiger partial charge >= 0.3 is 0 Å². The first-order valence-electron chi connectivity index (χ1n) is 7.13. The number of imidazole rings is 2. The molecule has 0 aliphatic heterocycles. The molecule has 0 unspecified atom stereocenters. The van der Waals surface area contributed by atoms with Gasteiger partial charge in [0.25, 0.3) is 0 Å². The average Bonchev–Trinajstić information content (AvgIpc) is 3.25. The molecule has 4 aromatic rings. The minimum absolute atomic E-state index is 0.656. The lowest BCUT2D eigenvalue weighted by atomic mass is 10.2. The molecule has 2 aromatic heterocycles. The van der Waals surface area contributed by atoms with Crippen LogP contribution in [0.3, 0.4) is 0 Å². The molecule has 0 bridgehead atoms. The summed E-state index contributed by atoms with van der Waals surface area (Å²) in [6, 6.07) is 13.6. The van der Waals surface area contributed by atoms with Crippen LogP contribution in [0.2, 0.25) is 0 Å². The molecule has 2 aromatic carbocycles. The van der Waals surface area contributed by atoms with Crippen molar-refractivity contribution in [1.82, 2.24) is 19.5 Å². The maximum Gasteiger partial charge on any atom is 0.211 e. The van der Waals surface area contributed by atoms with E-state index in [1.54, 1.807) is 12.5 Å². The Bertz CT molecular complexity index is 954. The summed E-state index contributed by atoms with van der Waals surface area (Å²) >= 11 is 0. The van der Waals surface area contributed by atoms with Crippen LogP contribution in [0.4, 0.5) is 5.69 Å². The molecule has 0 aliphatic carbocycles. The van der Waals surface area contributed by atoms with Crippen LogP contribution >= 0.6 is 0 Å². The van der Waals surface area contributed by atoms with Crippen molar-refractivity contribution in [2.45, 2.75) is 0 Å². The van der Waals surface area contributed by atoms with Crippen LogP contribution in [0.5, 0.6) is 0 Å². The molecule has 0 spiro atoms. The minimum atomic E-state index is 0.656. The Morgan fingerprint density at radius 1 is 1.13 bits per heavy atom. The van der Waals surface area contributed by atoms with E-state index in [2.05, 4.69) is 20.3 Å². The monoisotopic (exact) mass is 303 g/mol. The molecule has 2 heterocycles. The topological polar surface area (TPSA) is 75.6 Å². The molecule has 2 N–H and O–H groups in total. The zero-order chi connectivity index (χ0) is 15.6. The predicted octanol–water partition coefficient (Wildman–Crippen LogP) is 2.98. The third-order valence-electron chi connectivity index (χ3n) is 3.67. The number of rotatable bonds is 4. The van der Waals surface area contributed by atoms with Crippen LogP contribution in [0, 0.1) is 0 Å². The third-order valence-corrected chi connectivity index (χ3v) is 3.67. The van der Waals surface area contributed by atoms with E-state index in [1.165, 1.54) is 0 Å². The summed E-state index contributed by atoms with van der Waals surface area (Å²) in [4.78, 5) is 22.6. The van der Waals surface area contributed by atoms with E-state index in [9.17, 15) is 4.79 Å². The van der Waals surface area contributed by atoms with E-state index in [1.807, 2.05) is 53.2 Å². The summed E-state index contributed by atoms with van der Waals surface area (Å²) in [6.07, 6.45) is 6.05. The van der Waals surface area contributed by atoms with E-state index in [-0.39, 0.29) is 0 Å². The van der Waals surface area contributed by atoms with Gasteiger partial charge in [0.05, 0.1) is 17.5 Å². The number of para-hydroxylation sites is 1. The fourth-order valence-electron chi connectivity index (χ4n) is 2.55. The summed E-state index contributed by atoms with van der Waals surface area (Å²) in [7, 11) is 0. The molecule has 23 heavy (non-hydrogen) atoms. The number of anilines is 1. The SMILES string of the molecule is O=CNc1cccc2[nH]c(-c3ccc(-n4ccnc4)cc3)nc12. The summed E-state index contributed by atoms with van der Waals surface area (Å²) < 4.78 is 1.94. The van der Waals surface area contributed by atoms with Crippen LogP contribution in [0.15, 0.2) is 61.2 Å². The molecule has 0 saturated carbocycles. The van der Waals surface area contributed by atoms with E-state index in [4.69, 9.17) is 0 Å². The highest BCUT2D eigenvalue weighted by Crippen LogP contribution is 2.26. The van der Waals surface area contributed by atoms with Gasteiger partial charge in [-0.1, -0.05) is 6.07 Å². The number of H-pyrrole nitrogens is 1. The van der Waals surface area contributed by atoms with Gasteiger partial charge in [-0.05, 0) is 36.4 Å². The summed E-state index contributed by atoms with van der Waals surface area (Å²) in [5.41, 5.74) is 4.32. The van der Waals surface area contributed by atoms with Crippen molar-refractivity contribution in [2.75, 3.05) is 5.32 Å². The lowest BCUT2D eigenvalue weighted by Crippen LogP contribution is -1.94. The average molecular weight is 303 g/mol. The van der Waals surface area contributed by atoms with Gasteiger partial charge in [-0.2, -0.15) is 0 Å². The fourth-order valence-corrected chi connectivity index (χ4v) is 2.55. The van der Waals surface area contributed by atoms with Crippen molar-refractivity contribution in [3.63, 3.8) is 0 Å². The molecule has 0 fully saturated rings. The van der Waals surface area contributed by atoms with Gasteiger partial charge in [-0.15, -0.1) is 0 Å². The second kappa shape index (κ2) is 5.42. The van der Waals surface area contributed by atoms with Crippen molar-refractivity contribution in [1.29, 1.82) is 0 Å². The highest BCUT2D eigenvalue weighted by molar-refractivity contribution is 5.94. The van der Waals surface area contributed by atoms with Gasteiger partial charge in [0.1, 0.15) is 11.3 Å². The molecule has 0 saturated heterocycles. The van der Waals surface area contributed by atoms with Gasteiger partial charge in [0.2, 0.25) is 6.41 Å². The number of carbonyl (C=O) groups excluding carboxylic acids is 1. The first-order valence-corrected chi connectivity index (χ1v) is 7.13. The first-order chi connectivity index (χ1) is 11.3. The highest BCUT2D eigenvalue weighted by Gasteiger charge is 2.08. The van der Waals surface area contributed by atoms with E-state index in [0.29, 0.717) is 12.1 Å². The largest absolute Gasteiger partial charge is 0.338 e. The number of hydrogen-bond acceptors (Lipinski definition) is 3. The maximum absolute atomic E-state index is 10.7. The lowest BCUT2D eigenvalue weighted by molar-refractivity contribution is -0.105. The Labute approximate surface area is 131 Å². The van der Waals surface area contributed by atoms with Gasteiger partial charge < -0.3 is 14.9 Å². The Morgan fingerprint density at radius 3 is 2.74 bits per heavy atom. The van der Waals surface area contributed by atoms with Gasteiger partial charge in [-0.3, -0.25) is 4.79 Å². The lowest BCUT2D eigenvalue weighted by Gasteiger charge is -2.02. The Hall–Kier alpha value is -3.41. The van der Waals surface area contributed by atoms with Crippen LogP contribution in [-0.4, -0.2) is 25.9 Å². The summed E-state index contributed by atoms with van der Waals surface area (Å²) in [5.74, 6) is 0.761. The van der Waals surface area contributed by atoms with E-state index < -0.39 is 0 Å². The van der Waals surface area contributed by atoms with Gasteiger partial charge in [-0.25, -0.2) is 9.97 Å². The third kappa shape index (κ3) is 2.36. The minimum Gasteiger partial charge on any atom is -0.338 e. The molecule has 112 valence electrons. The van der Waals surface area contributed by atoms with Crippen LogP contribution in [-0.2, 0) is 4.79 Å². The Kier molecular flexibility index (Phi) is 3.12. The molecule has 1 amide bonds. The number of nitrogens with one attached hydrogen (secondary N) is 2. The normalized spacial score (nSPS) is 10.8. The van der Waals surface area contributed by atoms with Crippen LogP contribution in [0.25, 0.3) is 28.1 Å². The van der Waals surface area contributed by atoms with E-state index in [0.717, 1.165) is 28.1 Å². The number of aromatic amines is 1. The quantitative estimate of drug-likeness (QED) is 0.569. The second-order valence-corrected chi connectivity index (χ2v) is 5.07. The Morgan fingerprint density at radius 2 is 2.00 bits per heavy atom. The molecule has 0 radical (unpaired) electrons. The number of aromatic nitrogens is 4. The zero-order valence-corrected chi connectivity index (χ0v) is 12.1. The molecule has 0 atom stereocenters. The van der Waals surface area contributed by atoms with Crippen molar-refractivity contribution in [3.05, 3.63) is 61.2 Å². The number of amides is 1. The van der Waals surface area contributed by atoms with Crippen molar-refractivity contribution < 1.29 is 4.79 Å². The molecule has 6 heteroatoms. The zero-order valence-electron chi connectivity index (χ0n) is 12.1. The number of nitrogens with zero attached hydrogens (tertiary/aromatic N) is 3. The second-order valence-electron chi connectivity index (χ2n) is 5.07. The summed E-state index contributed by atoms with van der Waals surface area (Å²) in [6.45, 7) is 0. The highest BCUT2D eigenvalue weighted by atomic mass is 16.1. The molecular weight excluding hydrogens is 290 g/mol. The molecule has 6 nitrogen and oxygen atoms in total. The molecular formula is C17H13N5O. The van der Waals surface area contributed by atoms with Crippen molar-refractivity contribution in [2.24, 2.45) is 0 Å². The molecule has 4 rings (SSSR count). The predicted molar refractivity (Wildman–Crippen MR) is 88.3 cm³/mol.